The van der Waals surface area contributed by atoms with E-state index in [1.807, 2.05) is 78.9 Å². The standard InChI is InChI=1S/C43H39ClN3O10P.C6H15N/c1-52-34-19-13-31(14-20-34)43(30-11-7-4-8-12-30,32-15-21-35(53-2)22-16-32)54-28-38-37(57-58(50,51)56-36-23-17-33(44)18-24-36)27-40(55-38)47-26-25-39(46-42(47)49)45-41(48)29-9-5-3-6-10-29;1-4-7(5-2)6-3/h3-26,37-38,40H,27-28H2,1-2H3,(H,50,51)(H,45,46,48,49);4-6H2,1-3H3/t37-,38+,40+;/m0./s1. The number of anilines is 1. The number of hydrogen-bond acceptors (Lipinski definition) is 11. The molecule has 7 rings (SSSR count). The van der Waals surface area contributed by atoms with Crippen LogP contribution in [0.5, 0.6) is 17.2 Å². The molecular formula is C49H54ClN4O10P. The summed E-state index contributed by atoms with van der Waals surface area (Å²) < 4.78 is 50.5. The van der Waals surface area contributed by atoms with Crippen LogP contribution >= 0.6 is 19.4 Å². The molecule has 1 aliphatic rings. The Morgan fingerprint density at radius 2 is 1.32 bits per heavy atom. The molecule has 1 fully saturated rings. The summed E-state index contributed by atoms with van der Waals surface area (Å²) in [5.41, 5.74) is 0.625. The van der Waals surface area contributed by atoms with Gasteiger partial charge in [-0.1, -0.05) is 105 Å². The van der Waals surface area contributed by atoms with Crippen LogP contribution in [0.25, 0.3) is 0 Å². The molecular weight excluding hydrogens is 871 g/mol. The van der Waals surface area contributed by atoms with Crippen LogP contribution in [0.1, 0.15) is 60.5 Å². The van der Waals surface area contributed by atoms with Crippen LogP contribution in [-0.2, 0) is 24.2 Å². The third kappa shape index (κ3) is 12.5. The van der Waals surface area contributed by atoms with Crippen LogP contribution in [0.4, 0.5) is 5.82 Å². The number of rotatable bonds is 18. The van der Waals surface area contributed by atoms with Gasteiger partial charge >= 0.3 is 13.5 Å². The van der Waals surface area contributed by atoms with Gasteiger partial charge in [0.05, 0.1) is 20.8 Å². The molecule has 6 aromatic rings. The predicted molar refractivity (Wildman–Crippen MR) is 250 cm³/mol. The van der Waals surface area contributed by atoms with Gasteiger partial charge in [0.2, 0.25) is 0 Å². The highest BCUT2D eigenvalue weighted by Crippen LogP contribution is 2.49. The summed E-state index contributed by atoms with van der Waals surface area (Å²) in [5, 5.41) is 3.04. The van der Waals surface area contributed by atoms with Crippen LogP contribution in [0, 0.1) is 0 Å². The van der Waals surface area contributed by atoms with Gasteiger partial charge in [-0.15, -0.1) is 0 Å². The first-order valence-corrected chi connectivity index (χ1v) is 23.1. The van der Waals surface area contributed by atoms with E-state index in [4.69, 9.17) is 39.6 Å². The number of nitrogens with zero attached hydrogens (tertiary/aromatic N) is 3. The van der Waals surface area contributed by atoms with E-state index < -0.39 is 43.5 Å². The molecule has 0 aliphatic carbocycles. The van der Waals surface area contributed by atoms with E-state index in [1.54, 1.807) is 44.6 Å². The van der Waals surface area contributed by atoms with Gasteiger partial charge in [-0.3, -0.25) is 18.8 Å². The van der Waals surface area contributed by atoms with Crippen LogP contribution in [0.2, 0.25) is 5.02 Å². The Balaban J connectivity index is 0.000000925. The second kappa shape index (κ2) is 22.9. The number of hydrogen-bond donors (Lipinski definition) is 2. The summed E-state index contributed by atoms with van der Waals surface area (Å²) in [5.74, 6) is 0.917. The molecule has 14 nitrogen and oxygen atoms in total. The first-order chi connectivity index (χ1) is 31.4. The van der Waals surface area contributed by atoms with Crippen molar-refractivity contribution in [3.63, 3.8) is 0 Å². The fourth-order valence-electron chi connectivity index (χ4n) is 7.39. The highest BCUT2D eigenvalue weighted by Gasteiger charge is 2.46. The molecule has 2 heterocycles. The van der Waals surface area contributed by atoms with Gasteiger partial charge in [0, 0.05) is 23.2 Å². The Hall–Kier alpha value is -5.83. The number of benzene rings is 5. The van der Waals surface area contributed by atoms with Gasteiger partial charge in [0.15, 0.2) is 0 Å². The fourth-order valence-corrected chi connectivity index (χ4v) is 8.51. The van der Waals surface area contributed by atoms with Crippen molar-refractivity contribution in [2.75, 3.05) is 45.8 Å². The van der Waals surface area contributed by atoms with E-state index in [9.17, 15) is 19.0 Å². The predicted octanol–water partition coefficient (Wildman–Crippen LogP) is 9.38. The zero-order valence-electron chi connectivity index (χ0n) is 36.9. The lowest BCUT2D eigenvalue weighted by molar-refractivity contribution is -0.0932. The molecule has 0 spiro atoms. The van der Waals surface area contributed by atoms with E-state index in [1.165, 1.54) is 60.7 Å². The molecule has 1 aliphatic heterocycles. The van der Waals surface area contributed by atoms with Crippen LogP contribution in [0.3, 0.4) is 0 Å². The van der Waals surface area contributed by atoms with E-state index in [-0.39, 0.29) is 24.6 Å². The number of halogens is 1. The number of amides is 1. The molecule has 16 heteroatoms. The summed E-state index contributed by atoms with van der Waals surface area (Å²) in [6.45, 7) is 9.92. The number of methoxy groups -OCH3 is 2. The zero-order valence-corrected chi connectivity index (χ0v) is 38.6. The fraction of sp³-hybridized carbons (Fsp3) is 0.286. The second-order valence-corrected chi connectivity index (χ2v) is 16.5. The van der Waals surface area contributed by atoms with Crippen LogP contribution in [0.15, 0.2) is 151 Å². The summed E-state index contributed by atoms with van der Waals surface area (Å²) in [6.07, 6.45) is -1.86. The van der Waals surface area contributed by atoms with Crippen molar-refractivity contribution in [3.05, 3.63) is 183 Å². The second-order valence-electron chi connectivity index (χ2n) is 14.8. The molecule has 1 aromatic heterocycles. The smallest absolute Gasteiger partial charge is 0.497 e. The molecule has 4 atom stereocenters. The molecule has 1 unspecified atom stereocenters. The quantitative estimate of drug-likeness (QED) is 0.0622. The van der Waals surface area contributed by atoms with E-state index in [0.29, 0.717) is 22.1 Å². The normalized spacial score (nSPS) is 16.8. The first kappa shape index (κ1) is 48.6. The number of nitrogens with one attached hydrogen (secondary N) is 1. The van der Waals surface area contributed by atoms with Crippen molar-refractivity contribution in [3.8, 4) is 17.2 Å². The lowest BCUT2D eigenvalue weighted by Gasteiger charge is -2.37. The Morgan fingerprint density at radius 1 is 0.800 bits per heavy atom. The molecule has 342 valence electrons. The summed E-state index contributed by atoms with van der Waals surface area (Å²) in [4.78, 5) is 43.7. The Morgan fingerprint density at radius 3 is 1.83 bits per heavy atom. The molecule has 0 bridgehead atoms. The van der Waals surface area contributed by atoms with Crippen molar-refractivity contribution < 1.29 is 42.2 Å². The van der Waals surface area contributed by atoms with E-state index in [2.05, 4.69) is 36.0 Å². The lowest BCUT2D eigenvalue weighted by Crippen LogP contribution is -2.38. The van der Waals surface area contributed by atoms with Gasteiger partial charge in [-0.25, -0.2) is 9.36 Å². The minimum absolute atomic E-state index is 0.0311. The van der Waals surface area contributed by atoms with Gasteiger partial charge < -0.3 is 33.7 Å². The van der Waals surface area contributed by atoms with Gasteiger partial charge in [-0.05, 0) is 103 Å². The van der Waals surface area contributed by atoms with Crippen molar-refractivity contribution in [1.82, 2.24) is 14.5 Å². The minimum atomic E-state index is -4.81. The number of phosphoric acid groups is 1. The zero-order chi connectivity index (χ0) is 46.4. The van der Waals surface area contributed by atoms with Crippen LogP contribution < -0.4 is 25.0 Å². The maximum atomic E-state index is 13.6. The number of aromatic nitrogens is 2. The molecule has 2 N–H and O–H groups in total. The molecule has 1 saturated heterocycles. The van der Waals surface area contributed by atoms with Gasteiger partial charge in [-0.2, -0.15) is 4.98 Å². The average molecular weight is 925 g/mol. The Bertz CT molecular complexity index is 2480. The number of phosphoric ester groups is 1. The number of carbonyl (C=O) groups excluding carboxylic acids is 1. The van der Waals surface area contributed by atoms with Crippen molar-refractivity contribution >= 4 is 31.1 Å². The highest BCUT2D eigenvalue weighted by molar-refractivity contribution is 7.47. The van der Waals surface area contributed by atoms with Crippen molar-refractivity contribution in [2.45, 2.75) is 51.2 Å². The largest absolute Gasteiger partial charge is 0.527 e. The molecule has 65 heavy (non-hydrogen) atoms. The summed E-state index contributed by atoms with van der Waals surface area (Å²) in [7, 11) is -1.65. The molecule has 0 saturated carbocycles. The third-order valence-corrected chi connectivity index (χ3v) is 12.1. The van der Waals surface area contributed by atoms with Crippen molar-refractivity contribution in [2.24, 2.45) is 0 Å². The SMILES string of the molecule is CCN(CC)CC.COc1ccc(C(OC[C@H]2O[C@@H](n3ccc(NC(=O)c4ccccc4)nc3=O)C[C@@H]2OP(=O)(O)Oc2ccc(Cl)cc2)(c2ccccc2)c2ccc(OC)cc2)cc1. The van der Waals surface area contributed by atoms with Crippen molar-refractivity contribution in [1.29, 1.82) is 0 Å². The Labute approximate surface area is 384 Å². The summed E-state index contributed by atoms with van der Waals surface area (Å²) >= 11 is 6.01. The Kier molecular flexibility index (Phi) is 17.1. The highest BCUT2D eigenvalue weighted by atomic mass is 35.5. The minimum Gasteiger partial charge on any atom is -0.497 e. The first-order valence-electron chi connectivity index (χ1n) is 21.2. The molecule has 0 radical (unpaired) electrons. The van der Waals surface area contributed by atoms with Gasteiger partial charge in [0.25, 0.3) is 5.91 Å². The van der Waals surface area contributed by atoms with Crippen LogP contribution in [-0.4, -0.2) is 77.9 Å². The number of ether oxygens (including phenoxy) is 4. The third-order valence-electron chi connectivity index (χ3n) is 10.9. The maximum Gasteiger partial charge on any atom is 0.527 e. The molecule has 1 amide bonds. The van der Waals surface area contributed by atoms with E-state index in [0.717, 1.165) is 16.7 Å². The number of carbonyl (C=O) groups is 1. The van der Waals surface area contributed by atoms with E-state index >= 15 is 0 Å². The summed E-state index contributed by atoms with van der Waals surface area (Å²) in [6, 6.07) is 40.3. The topological polar surface area (TPSA) is 160 Å². The maximum absolute atomic E-state index is 13.6. The lowest BCUT2D eigenvalue weighted by atomic mass is 9.80. The van der Waals surface area contributed by atoms with Gasteiger partial charge in [0.1, 0.15) is 47.1 Å². The monoisotopic (exact) mass is 924 g/mol. The average Bonchev–Trinajstić information content (AvgIpc) is 3.72. The molecule has 5 aromatic carbocycles.